The maximum Gasteiger partial charge on any atom is 0.171 e. The lowest BCUT2D eigenvalue weighted by Gasteiger charge is -2.39. The Bertz CT molecular complexity index is 616. The second-order valence-corrected chi connectivity index (χ2v) is 12.0. The van der Waals surface area contributed by atoms with Crippen LogP contribution in [0.3, 0.4) is 0 Å². The number of carboxylic acid groups (broad SMARTS) is 2. The Kier molecular flexibility index (Phi) is 7.05. The molecule has 2 unspecified atom stereocenters. The van der Waals surface area contributed by atoms with Crippen LogP contribution in [-0.2, 0) is 29.3 Å². The number of nitrogens with two attached hydrogens (primary N) is 2. The molecule has 0 bridgehead atoms. The molecule has 0 saturated carbocycles. The Hall–Kier alpha value is -0.890. The van der Waals surface area contributed by atoms with Gasteiger partial charge in [-0.15, -0.1) is 11.8 Å². The SMILES string of the molecule is CC(SC(C)(C(=O)[O-])S(=O)(=O)CCN)(C(=O)[O-])S(=O)(=O)CCN. The highest BCUT2D eigenvalue weighted by molar-refractivity contribution is 8.23. The summed E-state index contributed by atoms with van der Waals surface area (Å²) in [6.45, 7) is 0.418. The zero-order chi connectivity index (χ0) is 18.7. The van der Waals surface area contributed by atoms with E-state index in [1.54, 1.807) is 0 Å². The molecule has 0 amide bonds. The molecule has 2 atom stereocenters. The molecule has 10 nitrogen and oxygen atoms in total. The van der Waals surface area contributed by atoms with Crippen molar-refractivity contribution in [2.45, 2.75) is 22.0 Å². The molecule has 0 fully saturated rings. The van der Waals surface area contributed by atoms with Crippen LogP contribution in [0, 0.1) is 0 Å². The highest BCUT2D eigenvalue weighted by Crippen LogP contribution is 2.43. The van der Waals surface area contributed by atoms with Crippen LogP contribution in [0.4, 0.5) is 0 Å². The first kappa shape index (κ1) is 22.1. The van der Waals surface area contributed by atoms with Crippen molar-refractivity contribution in [3.05, 3.63) is 0 Å². The lowest BCUT2D eigenvalue weighted by molar-refractivity contribution is -0.305. The van der Waals surface area contributed by atoms with Crippen molar-refractivity contribution < 1.29 is 36.6 Å². The zero-order valence-corrected chi connectivity index (χ0v) is 14.9. The van der Waals surface area contributed by atoms with Crippen LogP contribution in [0.1, 0.15) is 13.8 Å². The molecule has 0 aliphatic carbocycles. The van der Waals surface area contributed by atoms with Crippen molar-refractivity contribution in [2.75, 3.05) is 24.6 Å². The van der Waals surface area contributed by atoms with Crippen LogP contribution in [0.2, 0.25) is 0 Å². The number of carbonyl (C=O) groups excluding carboxylic acids is 2. The lowest BCUT2D eigenvalue weighted by Crippen LogP contribution is -2.58. The summed E-state index contributed by atoms with van der Waals surface area (Å²) in [6, 6.07) is 0. The minimum absolute atomic E-state index is 0.307. The summed E-state index contributed by atoms with van der Waals surface area (Å²) in [7, 11) is -9.05. The van der Waals surface area contributed by atoms with Crippen molar-refractivity contribution in [3.63, 3.8) is 0 Å². The molecule has 4 N–H and O–H groups in total. The highest BCUT2D eigenvalue weighted by Gasteiger charge is 2.52. The minimum atomic E-state index is -4.52. The quantitative estimate of drug-likeness (QED) is 0.363. The van der Waals surface area contributed by atoms with E-state index in [1.807, 2.05) is 0 Å². The second-order valence-electron chi connectivity index (χ2n) is 4.78. The van der Waals surface area contributed by atoms with Gasteiger partial charge in [-0.05, 0) is 13.8 Å². The van der Waals surface area contributed by atoms with E-state index in [-0.39, 0.29) is 11.8 Å². The largest absolute Gasteiger partial charge is 0.547 e. The lowest BCUT2D eigenvalue weighted by atomic mass is 10.5. The number of hydrogen-bond donors (Lipinski definition) is 2. The van der Waals surface area contributed by atoms with Gasteiger partial charge in [0.15, 0.2) is 27.8 Å². The van der Waals surface area contributed by atoms with Crippen molar-refractivity contribution in [1.82, 2.24) is 0 Å². The molecule has 0 saturated heterocycles. The number of aliphatic carboxylic acids is 2. The molecule has 0 radical (unpaired) electrons. The standard InChI is InChI=1S/C10H20N2O8S3/c1-9(7(13)14,22(17,18)5-3-11)21-10(2,8(15)16)23(19,20)6-4-12/h3-6,11-12H2,1-2H3,(H,13,14)(H,15,16)/p-2. The first-order chi connectivity index (χ1) is 10.2. The van der Waals surface area contributed by atoms with E-state index < -0.39 is 64.4 Å². The van der Waals surface area contributed by atoms with Gasteiger partial charge in [-0.25, -0.2) is 16.8 Å². The van der Waals surface area contributed by atoms with E-state index in [4.69, 9.17) is 11.5 Å². The van der Waals surface area contributed by atoms with E-state index in [0.29, 0.717) is 13.8 Å². The minimum Gasteiger partial charge on any atom is -0.547 e. The van der Waals surface area contributed by atoms with E-state index in [2.05, 4.69) is 0 Å². The Balaban J connectivity index is 6.28. The first-order valence-electron chi connectivity index (χ1n) is 6.19. The predicted molar refractivity (Wildman–Crippen MR) is 80.1 cm³/mol. The normalized spacial score (nSPS) is 17.9. The predicted octanol–water partition coefficient (Wildman–Crippen LogP) is -4.60. The topological polar surface area (TPSA) is 201 Å². The maximum absolute atomic E-state index is 12.1. The molecule has 23 heavy (non-hydrogen) atoms. The van der Waals surface area contributed by atoms with Crippen molar-refractivity contribution in [2.24, 2.45) is 11.5 Å². The molecule has 13 heteroatoms. The van der Waals surface area contributed by atoms with E-state index in [1.165, 1.54) is 0 Å². The fourth-order valence-electron chi connectivity index (χ4n) is 1.54. The van der Waals surface area contributed by atoms with Gasteiger partial charge in [0.1, 0.15) is 0 Å². The summed E-state index contributed by atoms with van der Waals surface area (Å²) in [4.78, 5) is 22.7. The van der Waals surface area contributed by atoms with Crippen LogP contribution in [0.5, 0.6) is 0 Å². The fourth-order valence-corrected chi connectivity index (χ4v) is 7.03. The van der Waals surface area contributed by atoms with Crippen LogP contribution in [-0.4, -0.2) is 61.5 Å². The van der Waals surface area contributed by atoms with Gasteiger partial charge in [0.25, 0.3) is 0 Å². The molecule has 136 valence electrons. The molecule has 0 heterocycles. The van der Waals surface area contributed by atoms with Gasteiger partial charge in [-0.1, -0.05) is 0 Å². The molecule has 0 aromatic carbocycles. The average Bonchev–Trinajstić information content (AvgIpc) is 2.37. The summed E-state index contributed by atoms with van der Waals surface area (Å²) < 4.78 is 42.8. The molecular formula is C10H18N2O8S3-2. The zero-order valence-electron chi connectivity index (χ0n) is 12.5. The third kappa shape index (κ3) is 4.15. The van der Waals surface area contributed by atoms with Gasteiger partial charge in [-0.3, -0.25) is 0 Å². The van der Waals surface area contributed by atoms with Gasteiger partial charge >= 0.3 is 0 Å². The molecule has 0 aliphatic rings. The summed E-state index contributed by atoms with van der Waals surface area (Å²) in [5.41, 5.74) is 10.2. The van der Waals surface area contributed by atoms with Crippen LogP contribution >= 0.6 is 11.8 Å². The van der Waals surface area contributed by atoms with Crippen molar-refractivity contribution >= 4 is 43.4 Å². The van der Waals surface area contributed by atoms with Crippen LogP contribution < -0.4 is 21.7 Å². The van der Waals surface area contributed by atoms with Crippen molar-refractivity contribution in [3.8, 4) is 0 Å². The molecule has 0 aromatic rings. The highest BCUT2D eigenvalue weighted by atomic mass is 32.3. The number of hydrogen-bond acceptors (Lipinski definition) is 11. The Morgan fingerprint density at radius 1 is 0.870 bits per heavy atom. The van der Waals surface area contributed by atoms with Crippen LogP contribution in [0.25, 0.3) is 0 Å². The fraction of sp³-hybridized carbons (Fsp3) is 0.800. The van der Waals surface area contributed by atoms with E-state index in [9.17, 15) is 36.6 Å². The summed E-state index contributed by atoms with van der Waals surface area (Å²) in [6.07, 6.45) is 0. The molecule has 0 aliphatic heterocycles. The third-order valence-electron chi connectivity index (χ3n) is 3.09. The first-order valence-corrected chi connectivity index (χ1v) is 10.3. The number of thioether (sulfide) groups is 1. The van der Waals surface area contributed by atoms with Gasteiger partial charge in [-0.2, -0.15) is 0 Å². The monoisotopic (exact) mass is 390 g/mol. The number of rotatable bonds is 10. The molecule has 0 aromatic heterocycles. The summed E-state index contributed by atoms with van der Waals surface area (Å²) in [5, 5.41) is 22.7. The number of carbonyl (C=O) groups is 2. The summed E-state index contributed by atoms with van der Waals surface area (Å²) >= 11 is -0.307. The summed E-state index contributed by atoms with van der Waals surface area (Å²) in [5.74, 6) is -5.92. The Morgan fingerprint density at radius 3 is 1.30 bits per heavy atom. The number of carboxylic acids is 2. The van der Waals surface area contributed by atoms with Crippen LogP contribution in [0.15, 0.2) is 0 Å². The van der Waals surface area contributed by atoms with E-state index in [0.717, 1.165) is 0 Å². The smallest absolute Gasteiger partial charge is 0.171 e. The van der Waals surface area contributed by atoms with Crippen molar-refractivity contribution in [1.29, 1.82) is 0 Å². The maximum atomic E-state index is 12.1. The van der Waals surface area contributed by atoms with Gasteiger partial charge in [0, 0.05) is 13.1 Å². The Morgan fingerprint density at radius 2 is 1.13 bits per heavy atom. The number of sulfone groups is 2. The average molecular weight is 390 g/mol. The Labute approximate surface area is 138 Å². The van der Waals surface area contributed by atoms with Gasteiger partial charge < -0.3 is 31.3 Å². The molecule has 0 rings (SSSR count). The molecular weight excluding hydrogens is 372 g/mol. The van der Waals surface area contributed by atoms with E-state index >= 15 is 0 Å². The van der Waals surface area contributed by atoms with Gasteiger partial charge in [0.05, 0.1) is 23.4 Å². The molecule has 0 spiro atoms. The third-order valence-corrected chi connectivity index (χ3v) is 10.5. The second kappa shape index (κ2) is 7.34. The van der Waals surface area contributed by atoms with Gasteiger partial charge in [0.2, 0.25) is 0 Å².